The smallest absolute Gasteiger partial charge is 0.235 e. The van der Waals surface area contributed by atoms with Gasteiger partial charge >= 0.3 is 0 Å². The molecule has 7 nitrogen and oxygen atoms in total. The minimum atomic E-state index is -3.67. The monoisotopic (exact) mass is 389 g/mol. The highest BCUT2D eigenvalue weighted by molar-refractivity contribution is 7.93. The first kappa shape index (κ1) is 17.2. The molecule has 1 aliphatic heterocycles. The van der Waals surface area contributed by atoms with Gasteiger partial charge in [-0.3, -0.25) is 0 Å². The van der Waals surface area contributed by atoms with E-state index < -0.39 is 15.1 Å². The van der Waals surface area contributed by atoms with E-state index in [2.05, 4.69) is 20.1 Å². The molecular formula is C17H19N5O2S2. The predicted molar refractivity (Wildman–Crippen MR) is 101 cm³/mol. The summed E-state index contributed by atoms with van der Waals surface area (Å²) < 4.78 is 28.0. The van der Waals surface area contributed by atoms with Crippen LogP contribution in [0.5, 0.6) is 0 Å². The van der Waals surface area contributed by atoms with Gasteiger partial charge in [-0.25, -0.2) is 13.4 Å². The third kappa shape index (κ3) is 3.01. The fraction of sp³-hybridized carbons (Fsp3) is 0.353. The normalized spacial score (nSPS) is 16.1. The number of imidazole rings is 1. The topological polar surface area (TPSA) is 81.0 Å². The fourth-order valence-electron chi connectivity index (χ4n) is 3.07. The van der Waals surface area contributed by atoms with Crippen molar-refractivity contribution in [3.63, 3.8) is 0 Å². The van der Waals surface area contributed by atoms with Crippen molar-refractivity contribution < 1.29 is 8.42 Å². The van der Waals surface area contributed by atoms with Crippen molar-refractivity contribution in [3.8, 4) is 5.69 Å². The van der Waals surface area contributed by atoms with E-state index in [9.17, 15) is 8.42 Å². The summed E-state index contributed by atoms with van der Waals surface area (Å²) >= 11 is 1.14. The molecule has 1 aromatic carbocycles. The summed E-state index contributed by atoms with van der Waals surface area (Å²) in [6.07, 6.45) is 5.59. The Morgan fingerprint density at radius 3 is 2.58 bits per heavy atom. The van der Waals surface area contributed by atoms with Crippen molar-refractivity contribution in [2.75, 3.05) is 18.0 Å². The van der Waals surface area contributed by atoms with Gasteiger partial charge in [-0.2, -0.15) is 0 Å². The molecule has 9 heteroatoms. The quantitative estimate of drug-likeness (QED) is 0.667. The maximum Gasteiger partial charge on any atom is 0.235 e. The number of para-hydroxylation sites is 1. The molecule has 3 aromatic rings. The van der Waals surface area contributed by atoms with E-state index in [0.717, 1.165) is 43.0 Å². The molecule has 1 saturated heterocycles. The van der Waals surface area contributed by atoms with Crippen molar-refractivity contribution >= 4 is 26.3 Å². The second-order valence-corrected chi connectivity index (χ2v) is 9.62. The van der Waals surface area contributed by atoms with Crippen LogP contribution >= 0.6 is 11.3 Å². The standard InChI is InChI=1S/C17H19N5O2S2/c1-13(15-18-9-12-22(15)14-7-3-2-4-8-14)26(23,24)17-20-19-16(25-17)21-10-5-6-11-21/h2-4,7-9,12-13H,5-6,10-11H2,1H3. The molecule has 1 aliphatic rings. The fourth-order valence-corrected chi connectivity index (χ4v) is 5.73. The summed E-state index contributed by atoms with van der Waals surface area (Å²) in [4.78, 5) is 6.39. The zero-order valence-electron chi connectivity index (χ0n) is 14.3. The van der Waals surface area contributed by atoms with Crippen molar-refractivity contribution in [2.45, 2.75) is 29.4 Å². The minimum Gasteiger partial charge on any atom is -0.347 e. The third-order valence-electron chi connectivity index (χ3n) is 4.55. The van der Waals surface area contributed by atoms with Gasteiger partial charge in [-0.05, 0) is 31.9 Å². The maximum absolute atomic E-state index is 13.1. The molecular weight excluding hydrogens is 370 g/mol. The molecule has 0 N–H and O–H groups in total. The number of sulfone groups is 1. The van der Waals surface area contributed by atoms with Crippen LogP contribution in [0.15, 0.2) is 47.1 Å². The second-order valence-electron chi connectivity index (χ2n) is 6.22. The van der Waals surface area contributed by atoms with Crippen LogP contribution in [0.4, 0.5) is 5.13 Å². The molecule has 1 unspecified atom stereocenters. The van der Waals surface area contributed by atoms with E-state index in [1.165, 1.54) is 0 Å². The number of anilines is 1. The van der Waals surface area contributed by atoms with Gasteiger partial charge in [0.25, 0.3) is 0 Å². The zero-order valence-corrected chi connectivity index (χ0v) is 15.9. The first-order chi connectivity index (χ1) is 12.6. The van der Waals surface area contributed by atoms with Crippen molar-refractivity contribution in [1.82, 2.24) is 19.7 Å². The lowest BCUT2D eigenvalue weighted by molar-refractivity contribution is 0.580. The lowest BCUT2D eigenvalue weighted by Gasteiger charge is -2.13. The number of nitrogens with zero attached hydrogens (tertiary/aromatic N) is 5. The van der Waals surface area contributed by atoms with E-state index in [1.54, 1.807) is 23.9 Å². The maximum atomic E-state index is 13.1. The zero-order chi connectivity index (χ0) is 18.1. The van der Waals surface area contributed by atoms with Gasteiger partial charge in [-0.15, -0.1) is 10.2 Å². The Balaban J connectivity index is 1.66. The number of rotatable bonds is 5. The average Bonchev–Trinajstić information content (AvgIpc) is 3.42. The minimum absolute atomic E-state index is 0.0505. The number of hydrogen-bond acceptors (Lipinski definition) is 7. The molecule has 0 radical (unpaired) electrons. The van der Waals surface area contributed by atoms with E-state index in [4.69, 9.17) is 0 Å². The van der Waals surface area contributed by atoms with Crippen LogP contribution < -0.4 is 4.90 Å². The molecule has 26 heavy (non-hydrogen) atoms. The van der Waals surface area contributed by atoms with Gasteiger partial charge < -0.3 is 9.47 Å². The third-order valence-corrected chi connectivity index (χ3v) is 7.98. The largest absolute Gasteiger partial charge is 0.347 e. The molecule has 0 saturated carbocycles. The van der Waals surface area contributed by atoms with Crippen LogP contribution in [0.2, 0.25) is 0 Å². The Labute approximate surface area is 156 Å². The van der Waals surface area contributed by atoms with Crippen LogP contribution in [0, 0.1) is 0 Å². The van der Waals surface area contributed by atoms with Gasteiger partial charge in [0.2, 0.25) is 19.3 Å². The molecule has 0 amide bonds. The Bertz CT molecular complexity index is 991. The summed E-state index contributed by atoms with van der Waals surface area (Å²) in [6.45, 7) is 3.46. The molecule has 1 fully saturated rings. The van der Waals surface area contributed by atoms with Crippen LogP contribution in [-0.2, 0) is 9.84 Å². The van der Waals surface area contributed by atoms with Crippen molar-refractivity contribution in [3.05, 3.63) is 48.5 Å². The SMILES string of the molecule is CC(c1nccn1-c1ccccc1)S(=O)(=O)c1nnc(N2CCCC2)s1. The average molecular weight is 390 g/mol. The highest BCUT2D eigenvalue weighted by Gasteiger charge is 2.33. The Kier molecular flexibility index (Phi) is 4.49. The molecule has 0 spiro atoms. The predicted octanol–water partition coefficient (Wildman–Crippen LogP) is 2.86. The molecule has 1 atom stereocenters. The number of benzene rings is 1. The molecule has 3 heterocycles. The van der Waals surface area contributed by atoms with E-state index in [0.29, 0.717) is 11.0 Å². The Morgan fingerprint density at radius 2 is 1.85 bits per heavy atom. The summed E-state index contributed by atoms with van der Waals surface area (Å²) in [6, 6.07) is 9.57. The van der Waals surface area contributed by atoms with Gasteiger partial charge in [0, 0.05) is 31.2 Å². The summed E-state index contributed by atoms with van der Waals surface area (Å²) in [5.41, 5.74) is 0.872. The molecule has 136 valence electrons. The molecule has 4 rings (SSSR count). The Morgan fingerprint density at radius 1 is 1.12 bits per heavy atom. The first-order valence-corrected chi connectivity index (χ1v) is 10.8. The lowest BCUT2D eigenvalue weighted by atomic mass is 10.3. The van der Waals surface area contributed by atoms with Crippen LogP contribution in [0.1, 0.15) is 30.8 Å². The summed E-state index contributed by atoms with van der Waals surface area (Å²) in [5.74, 6) is 0.467. The van der Waals surface area contributed by atoms with Crippen LogP contribution in [0.25, 0.3) is 5.69 Å². The molecule has 2 aromatic heterocycles. The van der Waals surface area contributed by atoms with E-state index in [1.807, 2.05) is 30.3 Å². The van der Waals surface area contributed by atoms with Crippen molar-refractivity contribution in [1.29, 1.82) is 0 Å². The highest BCUT2D eigenvalue weighted by Crippen LogP contribution is 2.33. The number of aromatic nitrogens is 4. The van der Waals surface area contributed by atoms with Crippen LogP contribution in [0.3, 0.4) is 0 Å². The number of hydrogen-bond donors (Lipinski definition) is 0. The van der Waals surface area contributed by atoms with E-state index in [-0.39, 0.29) is 4.34 Å². The van der Waals surface area contributed by atoms with Gasteiger partial charge in [0.05, 0.1) is 0 Å². The highest BCUT2D eigenvalue weighted by atomic mass is 32.2. The van der Waals surface area contributed by atoms with Crippen LogP contribution in [-0.4, -0.2) is 41.3 Å². The molecule has 0 bridgehead atoms. The lowest BCUT2D eigenvalue weighted by Crippen LogP contribution is -2.17. The van der Waals surface area contributed by atoms with Gasteiger partial charge in [-0.1, -0.05) is 29.5 Å². The Hall–Kier alpha value is -2.26. The van der Waals surface area contributed by atoms with E-state index >= 15 is 0 Å². The van der Waals surface area contributed by atoms with Gasteiger partial charge in [0.1, 0.15) is 11.1 Å². The van der Waals surface area contributed by atoms with Crippen molar-refractivity contribution in [2.24, 2.45) is 0 Å². The first-order valence-electron chi connectivity index (χ1n) is 8.48. The summed E-state index contributed by atoms with van der Waals surface area (Å²) in [5, 5.41) is 7.92. The molecule has 0 aliphatic carbocycles. The summed E-state index contributed by atoms with van der Waals surface area (Å²) in [7, 11) is -3.67. The van der Waals surface area contributed by atoms with Gasteiger partial charge in [0.15, 0.2) is 0 Å². The second kappa shape index (κ2) is 6.81.